The van der Waals surface area contributed by atoms with Gasteiger partial charge in [-0.1, -0.05) is 24.3 Å². The highest BCUT2D eigenvalue weighted by atomic mass is 16.5. The number of benzene rings is 1. The molecule has 0 bridgehead atoms. The lowest BCUT2D eigenvalue weighted by Crippen LogP contribution is -2.54. The molecule has 2 amide bonds. The van der Waals surface area contributed by atoms with Crippen LogP contribution in [0.25, 0.3) is 0 Å². The van der Waals surface area contributed by atoms with E-state index < -0.39 is 0 Å². The van der Waals surface area contributed by atoms with Crippen molar-refractivity contribution in [3.8, 4) is 0 Å². The summed E-state index contributed by atoms with van der Waals surface area (Å²) in [5.41, 5.74) is 2.89. The van der Waals surface area contributed by atoms with E-state index in [4.69, 9.17) is 9.47 Å². The van der Waals surface area contributed by atoms with Crippen LogP contribution < -0.4 is 5.32 Å². The first-order valence-corrected chi connectivity index (χ1v) is 8.95. The van der Waals surface area contributed by atoms with Crippen LogP contribution >= 0.6 is 0 Å². The molecule has 2 aliphatic carbocycles. The molecule has 2 fully saturated rings. The zero-order valence-corrected chi connectivity index (χ0v) is 14.4. The van der Waals surface area contributed by atoms with Gasteiger partial charge in [-0.05, 0) is 36.8 Å². The lowest BCUT2D eigenvalue weighted by molar-refractivity contribution is -0.0897. The van der Waals surface area contributed by atoms with Crippen molar-refractivity contribution in [1.29, 1.82) is 0 Å². The fourth-order valence-corrected chi connectivity index (χ4v) is 4.49. The van der Waals surface area contributed by atoms with Gasteiger partial charge in [0.2, 0.25) is 0 Å². The highest BCUT2D eigenvalue weighted by Crippen LogP contribution is 2.54. The Bertz CT molecular complexity index is 620. The van der Waals surface area contributed by atoms with Gasteiger partial charge in [0.15, 0.2) is 0 Å². The van der Waals surface area contributed by atoms with Crippen molar-refractivity contribution < 1.29 is 14.3 Å². The van der Waals surface area contributed by atoms with Crippen LogP contribution in [-0.4, -0.2) is 56.0 Å². The molecule has 1 saturated carbocycles. The van der Waals surface area contributed by atoms with Crippen LogP contribution in [0.4, 0.5) is 4.79 Å². The normalized spacial score (nSPS) is 34.2. The molecule has 0 unspecified atom stereocenters. The molecule has 1 aromatic carbocycles. The standard InChI is InChI=1S/C19H26N2O3/c1-12-9-21(10-14(24-12)11-23-2)19(22)20-18-16-8-7-13-5-3-4-6-15(13)17(16)18/h3-6,12,14,16-18H,7-11H2,1-2H3,(H,20,22)/t12-,14-,16+,17+,18+/m0/s1. The second-order valence-electron chi connectivity index (χ2n) is 7.33. The summed E-state index contributed by atoms with van der Waals surface area (Å²) < 4.78 is 11.0. The Labute approximate surface area is 143 Å². The molecule has 1 aliphatic heterocycles. The Morgan fingerprint density at radius 3 is 3.04 bits per heavy atom. The number of ether oxygens (including phenoxy) is 2. The molecular weight excluding hydrogens is 304 g/mol. The predicted molar refractivity (Wildman–Crippen MR) is 91.1 cm³/mol. The van der Waals surface area contributed by atoms with Gasteiger partial charge >= 0.3 is 6.03 Å². The van der Waals surface area contributed by atoms with Gasteiger partial charge in [-0.25, -0.2) is 4.79 Å². The van der Waals surface area contributed by atoms with E-state index in [1.807, 2.05) is 11.8 Å². The summed E-state index contributed by atoms with van der Waals surface area (Å²) >= 11 is 0. The molecule has 1 aromatic rings. The smallest absolute Gasteiger partial charge is 0.317 e. The molecule has 0 radical (unpaired) electrons. The highest BCUT2D eigenvalue weighted by molar-refractivity contribution is 5.75. The minimum absolute atomic E-state index is 0.0355. The summed E-state index contributed by atoms with van der Waals surface area (Å²) in [6, 6.07) is 9.01. The summed E-state index contributed by atoms with van der Waals surface area (Å²) in [4.78, 5) is 14.6. The van der Waals surface area contributed by atoms with E-state index >= 15 is 0 Å². The number of fused-ring (bicyclic) bond motifs is 3. The summed E-state index contributed by atoms with van der Waals surface area (Å²) in [5, 5.41) is 3.28. The number of nitrogens with one attached hydrogen (secondary N) is 1. The van der Waals surface area contributed by atoms with Gasteiger partial charge < -0.3 is 19.7 Å². The van der Waals surface area contributed by atoms with Crippen LogP contribution in [0, 0.1) is 5.92 Å². The number of carbonyl (C=O) groups is 1. The number of nitrogens with zero attached hydrogens (tertiary/aromatic N) is 1. The van der Waals surface area contributed by atoms with Crippen molar-refractivity contribution in [3.05, 3.63) is 35.4 Å². The first kappa shape index (κ1) is 15.9. The Balaban J connectivity index is 1.39. The molecule has 3 aliphatic rings. The van der Waals surface area contributed by atoms with Crippen molar-refractivity contribution in [1.82, 2.24) is 10.2 Å². The minimum atomic E-state index is -0.0355. The van der Waals surface area contributed by atoms with E-state index in [-0.39, 0.29) is 18.2 Å². The van der Waals surface area contributed by atoms with Crippen LogP contribution in [0.1, 0.15) is 30.4 Å². The number of morpholine rings is 1. The van der Waals surface area contributed by atoms with Crippen molar-refractivity contribution in [3.63, 3.8) is 0 Å². The predicted octanol–water partition coefficient (Wildman–Crippen LogP) is 2.16. The lowest BCUT2D eigenvalue weighted by atomic mass is 9.92. The third kappa shape index (κ3) is 2.91. The van der Waals surface area contributed by atoms with Crippen molar-refractivity contribution in [2.24, 2.45) is 5.92 Å². The van der Waals surface area contributed by atoms with Crippen molar-refractivity contribution in [2.45, 2.75) is 43.9 Å². The molecule has 4 rings (SSSR count). The quantitative estimate of drug-likeness (QED) is 0.924. The maximum atomic E-state index is 12.7. The molecule has 1 heterocycles. The average molecular weight is 330 g/mol. The Morgan fingerprint density at radius 1 is 1.38 bits per heavy atom. The van der Waals surface area contributed by atoms with Crippen LogP contribution in [0.2, 0.25) is 0 Å². The second-order valence-corrected chi connectivity index (χ2v) is 7.33. The minimum Gasteiger partial charge on any atom is -0.382 e. The number of rotatable bonds is 3. The number of urea groups is 1. The number of hydrogen-bond acceptors (Lipinski definition) is 3. The largest absolute Gasteiger partial charge is 0.382 e. The Hall–Kier alpha value is -1.59. The Morgan fingerprint density at radius 2 is 2.21 bits per heavy atom. The van der Waals surface area contributed by atoms with E-state index in [1.54, 1.807) is 7.11 Å². The molecule has 0 spiro atoms. The molecule has 5 atom stereocenters. The van der Waals surface area contributed by atoms with Crippen LogP contribution in [-0.2, 0) is 15.9 Å². The van der Waals surface area contributed by atoms with Crippen LogP contribution in [0.15, 0.2) is 24.3 Å². The summed E-state index contributed by atoms with van der Waals surface area (Å²) in [7, 11) is 1.67. The van der Waals surface area contributed by atoms with E-state index in [0.29, 0.717) is 37.6 Å². The van der Waals surface area contributed by atoms with Crippen molar-refractivity contribution in [2.75, 3.05) is 26.8 Å². The molecule has 130 valence electrons. The maximum absolute atomic E-state index is 12.7. The summed E-state index contributed by atoms with van der Waals surface area (Å²) in [5.74, 6) is 1.12. The fourth-order valence-electron chi connectivity index (χ4n) is 4.49. The van der Waals surface area contributed by atoms with Gasteiger partial charge in [0.1, 0.15) is 0 Å². The number of aryl methyl sites for hydroxylation is 1. The van der Waals surface area contributed by atoms with Gasteiger partial charge in [-0.3, -0.25) is 0 Å². The Kier molecular flexibility index (Phi) is 4.22. The zero-order chi connectivity index (χ0) is 16.7. The third-order valence-electron chi connectivity index (χ3n) is 5.59. The number of amides is 2. The monoisotopic (exact) mass is 330 g/mol. The van der Waals surface area contributed by atoms with Crippen LogP contribution in [0.5, 0.6) is 0 Å². The topological polar surface area (TPSA) is 50.8 Å². The number of methoxy groups -OCH3 is 1. The third-order valence-corrected chi connectivity index (χ3v) is 5.59. The zero-order valence-electron chi connectivity index (χ0n) is 14.4. The molecule has 0 aromatic heterocycles. The van der Waals surface area contributed by atoms with Gasteiger partial charge in [0.05, 0.1) is 25.4 Å². The number of carbonyl (C=O) groups excluding carboxylic acids is 1. The molecule has 5 nitrogen and oxygen atoms in total. The molecular formula is C19H26N2O3. The van der Waals surface area contributed by atoms with E-state index in [2.05, 4.69) is 29.6 Å². The molecule has 24 heavy (non-hydrogen) atoms. The molecule has 5 heteroatoms. The van der Waals surface area contributed by atoms with E-state index in [1.165, 1.54) is 17.5 Å². The summed E-state index contributed by atoms with van der Waals surface area (Å²) in [6.45, 7) is 3.78. The molecule has 1 saturated heterocycles. The number of hydrogen-bond donors (Lipinski definition) is 1. The first-order chi connectivity index (χ1) is 11.7. The van der Waals surface area contributed by atoms with Crippen molar-refractivity contribution >= 4 is 6.03 Å². The highest BCUT2D eigenvalue weighted by Gasteiger charge is 2.54. The van der Waals surface area contributed by atoms with E-state index in [0.717, 1.165) is 6.42 Å². The average Bonchev–Trinajstić information content (AvgIpc) is 3.28. The summed E-state index contributed by atoms with van der Waals surface area (Å²) in [6.07, 6.45) is 2.32. The van der Waals surface area contributed by atoms with E-state index in [9.17, 15) is 4.79 Å². The lowest BCUT2D eigenvalue weighted by Gasteiger charge is -2.36. The second kappa shape index (κ2) is 6.37. The fraction of sp³-hybridized carbons (Fsp3) is 0.632. The SMILES string of the molecule is COC[C@@H]1CN(C(=O)N[C@@H]2[C@@H]3CCc4ccccc4[C@H]32)C[C@H](C)O1. The van der Waals surface area contributed by atoms with Crippen LogP contribution in [0.3, 0.4) is 0 Å². The molecule has 1 N–H and O–H groups in total. The van der Waals surface area contributed by atoms with Gasteiger partial charge in [-0.15, -0.1) is 0 Å². The van der Waals surface area contributed by atoms with Gasteiger partial charge in [0, 0.05) is 25.6 Å². The van der Waals surface area contributed by atoms with Gasteiger partial charge in [-0.2, -0.15) is 0 Å². The first-order valence-electron chi connectivity index (χ1n) is 8.95. The van der Waals surface area contributed by atoms with Gasteiger partial charge in [0.25, 0.3) is 0 Å². The maximum Gasteiger partial charge on any atom is 0.317 e.